The van der Waals surface area contributed by atoms with Crippen LogP contribution in [0.3, 0.4) is 0 Å². The predicted molar refractivity (Wildman–Crippen MR) is 105 cm³/mol. The van der Waals surface area contributed by atoms with Crippen molar-refractivity contribution >= 4 is 16.8 Å². The van der Waals surface area contributed by atoms with Gasteiger partial charge < -0.3 is 5.32 Å². The summed E-state index contributed by atoms with van der Waals surface area (Å²) in [6.45, 7) is 0. The van der Waals surface area contributed by atoms with Gasteiger partial charge in [-0.15, -0.1) is 0 Å². The number of hydrogen-bond acceptors (Lipinski definition) is 5. The molecule has 7 nitrogen and oxygen atoms in total. The Morgan fingerprint density at radius 2 is 1.94 bits per heavy atom. The Balaban J connectivity index is 1.48. The monoisotopic (exact) mass is 424 g/mol. The molecule has 0 aliphatic heterocycles. The van der Waals surface area contributed by atoms with Gasteiger partial charge in [0, 0.05) is 29.4 Å². The van der Waals surface area contributed by atoms with Gasteiger partial charge in [0.1, 0.15) is 11.4 Å². The van der Waals surface area contributed by atoms with E-state index >= 15 is 0 Å². The first-order valence-corrected chi connectivity index (χ1v) is 9.55. The van der Waals surface area contributed by atoms with Crippen LogP contribution < -0.4 is 5.32 Å². The molecule has 4 aromatic rings. The van der Waals surface area contributed by atoms with Crippen LogP contribution in [0.25, 0.3) is 28.0 Å². The lowest BCUT2D eigenvalue weighted by Crippen LogP contribution is -2.26. The Morgan fingerprint density at radius 3 is 2.71 bits per heavy atom. The molecule has 1 amide bonds. The first kappa shape index (κ1) is 19.2. The molecule has 4 aromatic heterocycles. The minimum atomic E-state index is -4.53. The molecule has 0 spiro atoms. The zero-order valence-electron chi connectivity index (χ0n) is 16.0. The number of hydrogen-bond donors (Lipinski definition) is 1. The Kier molecular flexibility index (Phi) is 4.42. The van der Waals surface area contributed by atoms with Crippen LogP contribution in [0.2, 0.25) is 0 Å². The van der Waals surface area contributed by atoms with Gasteiger partial charge >= 0.3 is 6.18 Å². The summed E-state index contributed by atoms with van der Waals surface area (Å²) in [5.74, 6) is 0.117. The van der Waals surface area contributed by atoms with Gasteiger partial charge in [0.15, 0.2) is 5.82 Å². The van der Waals surface area contributed by atoms with Gasteiger partial charge in [0.25, 0.3) is 5.91 Å². The highest BCUT2D eigenvalue weighted by atomic mass is 19.4. The highest BCUT2D eigenvalue weighted by Crippen LogP contribution is 2.30. The molecule has 10 heteroatoms. The Morgan fingerprint density at radius 1 is 1.10 bits per heavy atom. The lowest BCUT2D eigenvalue weighted by atomic mass is 10.2. The summed E-state index contributed by atoms with van der Waals surface area (Å²) in [6.07, 6.45) is 2.03. The molecule has 1 aliphatic rings. The molecule has 0 aromatic carbocycles. The second kappa shape index (κ2) is 7.15. The predicted octanol–water partition coefficient (Wildman–Crippen LogP) is 3.79. The van der Waals surface area contributed by atoms with Crippen molar-refractivity contribution < 1.29 is 18.0 Å². The fraction of sp³-hybridized carbons (Fsp3) is 0.190. The average molecular weight is 424 g/mol. The maximum Gasteiger partial charge on any atom is 0.433 e. The number of aromatic nitrogens is 5. The molecule has 0 bridgehead atoms. The quantitative estimate of drug-likeness (QED) is 0.539. The van der Waals surface area contributed by atoms with Crippen molar-refractivity contribution in [2.75, 3.05) is 0 Å². The van der Waals surface area contributed by atoms with Crippen molar-refractivity contribution in [2.45, 2.75) is 25.1 Å². The normalized spacial score (nSPS) is 14.0. The molecule has 5 rings (SSSR count). The van der Waals surface area contributed by atoms with E-state index in [0.717, 1.165) is 18.9 Å². The summed E-state index contributed by atoms with van der Waals surface area (Å²) in [4.78, 5) is 24.6. The van der Waals surface area contributed by atoms with Gasteiger partial charge in [0.2, 0.25) is 0 Å². The van der Waals surface area contributed by atoms with Gasteiger partial charge in [-0.1, -0.05) is 6.07 Å². The van der Waals surface area contributed by atoms with E-state index in [1.54, 1.807) is 30.6 Å². The number of amides is 1. The third-order valence-electron chi connectivity index (χ3n) is 4.87. The summed E-state index contributed by atoms with van der Waals surface area (Å²) in [6, 6.07) is 9.02. The summed E-state index contributed by atoms with van der Waals surface area (Å²) < 4.78 is 40.3. The number of pyridine rings is 3. The van der Waals surface area contributed by atoms with Gasteiger partial charge in [-0.3, -0.25) is 4.79 Å². The third kappa shape index (κ3) is 3.83. The zero-order chi connectivity index (χ0) is 21.6. The van der Waals surface area contributed by atoms with Gasteiger partial charge in [-0.25, -0.2) is 19.6 Å². The van der Waals surface area contributed by atoms with E-state index in [1.807, 2.05) is 0 Å². The molecule has 0 saturated heterocycles. The standard InChI is InChI=1S/C21H15F3N6O/c22-21(23,24)18-7-6-14-16(29-18)8-9-25-19(14)30-11-12(10-26-30)15-2-1-3-17(28-15)20(31)27-13-4-5-13/h1-3,6-11,13H,4-5H2,(H,27,31). The van der Waals surface area contributed by atoms with Crippen molar-refractivity contribution in [3.05, 3.63) is 66.4 Å². The third-order valence-corrected chi connectivity index (χ3v) is 4.87. The molecule has 4 heterocycles. The number of alkyl halides is 3. The summed E-state index contributed by atoms with van der Waals surface area (Å²) in [7, 11) is 0. The number of fused-ring (bicyclic) bond motifs is 1. The van der Waals surface area contributed by atoms with E-state index in [0.29, 0.717) is 28.2 Å². The lowest BCUT2D eigenvalue weighted by molar-refractivity contribution is -0.140. The Bertz CT molecular complexity index is 1300. The fourth-order valence-corrected chi connectivity index (χ4v) is 3.16. The average Bonchev–Trinajstić information content (AvgIpc) is 3.44. The molecule has 1 aliphatic carbocycles. The van der Waals surface area contributed by atoms with Crippen LogP contribution in [0, 0.1) is 0 Å². The van der Waals surface area contributed by atoms with Crippen LogP contribution in [0.1, 0.15) is 29.0 Å². The molecule has 31 heavy (non-hydrogen) atoms. The number of carbonyl (C=O) groups is 1. The van der Waals surface area contributed by atoms with Crippen molar-refractivity contribution in [3.63, 3.8) is 0 Å². The van der Waals surface area contributed by atoms with E-state index in [4.69, 9.17) is 0 Å². The summed E-state index contributed by atoms with van der Waals surface area (Å²) >= 11 is 0. The molecule has 156 valence electrons. The first-order valence-electron chi connectivity index (χ1n) is 9.55. The maximum atomic E-state index is 13.0. The Labute approximate surface area is 174 Å². The molecule has 1 fully saturated rings. The highest BCUT2D eigenvalue weighted by Gasteiger charge is 2.32. The van der Waals surface area contributed by atoms with Crippen LogP contribution >= 0.6 is 0 Å². The fourth-order valence-electron chi connectivity index (χ4n) is 3.16. The number of carbonyl (C=O) groups excluding carboxylic acids is 1. The van der Waals surface area contributed by atoms with Crippen LogP contribution in [0.15, 0.2) is 55.0 Å². The molecule has 0 radical (unpaired) electrons. The second-order valence-corrected chi connectivity index (χ2v) is 7.22. The van der Waals surface area contributed by atoms with Gasteiger partial charge in [-0.2, -0.15) is 18.3 Å². The molecule has 1 saturated carbocycles. The van der Waals surface area contributed by atoms with E-state index in [1.165, 1.54) is 23.0 Å². The number of nitrogens with one attached hydrogen (secondary N) is 1. The van der Waals surface area contributed by atoms with Crippen LogP contribution in [-0.2, 0) is 6.18 Å². The molecule has 0 atom stereocenters. The van der Waals surface area contributed by atoms with Crippen LogP contribution in [0.4, 0.5) is 13.2 Å². The zero-order valence-corrected chi connectivity index (χ0v) is 16.0. The van der Waals surface area contributed by atoms with Crippen molar-refractivity contribution in [2.24, 2.45) is 0 Å². The topological polar surface area (TPSA) is 85.6 Å². The molecule has 0 unspecified atom stereocenters. The number of halogens is 3. The maximum absolute atomic E-state index is 13.0. The van der Waals surface area contributed by atoms with Crippen molar-refractivity contribution in [1.82, 2.24) is 30.0 Å². The smallest absolute Gasteiger partial charge is 0.348 e. The van der Waals surface area contributed by atoms with E-state index < -0.39 is 11.9 Å². The second-order valence-electron chi connectivity index (χ2n) is 7.22. The van der Waals surface area contributed by atoms with Gasteiger partial charge in [-0.05, 0) is 43.2 Å². The summed E-state index contributed by atoms with van der Waals surface area (Å²) in [5.41, 5.74) is 0.689. The molecular formula is C21H15F3N6O. The SMILES string of the molecule is O=C(NC1CC1)c1cccc(-c2cnn(-c3nccc4nc(C(F)(F)F)ccc34)c2)n1. The van der Waals surface area contributed by atoms with E-state index in [2.05, 4.69) is 25.4 Å². The number of rotatable bonds is 4. The lowest BCUT2D eigenvalue weighted by Gasteiger charge is -2.09. The van der Waals surface area contributed by atoms with Crippen molar-refractivity contribution in [3.8, 4) is 17.1 Å². The van der Waals surface area contributed by atoms with Crippen molar-refractivity contribution in [1.29, 1.82) is 0 Å². The molecular weight excluding hydrogens is 409 g/mol. The van der Waals surface area contributed by atoms with Crippen LogP contribution in [0.5, 0.6) is 0 Å². The van der Waals surface area contributed by atoms with E-state index in [-0.39, 0.29) is 17.5 Å². The number of nitrogens with zero attached hydrogens (tertiary/aromatic N) is 5. The minimum absolute atomic E-state index is 0.161. The minimum Gasteiger partial charge on any atom is -0.348 e. The molecule has 1 N–H and O–H groups in total. The van der Waals surface area contributed by atoms with E-state index in [9.17, 15) is 18.0 Å². The largest absolute Gasteiger partial charge is 0.433 e. The highest BCUT2D eigenvalue weighted by molar-refractivity contribution is 5.93. The summed E-state index contributed by atoms with van der Waals surface area (Å²) in [5, 5.41) is 7.60. The van der Waals surface area contributed by atoms with Crippen LogP contribution in [-0.4, -0.2) is 36.7 Å². The first-order chi connectivity index (χ1) is 14.9. The van der Waals surface area contributed by atoms with Gasteiger partial charge in [0.05, 0.1) is 17.4 Å². The Hall–Kier alpha value is -3.82.